The van der Waals surface area contributed by atoms with Crippen molar-refractivity contribution in [1.82, 2.24) is 5.32 Å². The minimum Gasteiger partial charge on any atom is -0.432 e. The van der Waals surface area contributed by atoms with Crippen molar-refractivity contribution in [3.05, 3.63) is 29.6 Å². The van der Waals surface area contributed by atoms with E-state index in [1.165, 1.54) is 25.3 Å². The molecule has 0 aliphatic heterocycles. The van der Waals surface area contributed by atoms with Crippen LogP contribution in [0.1, 0.15) is 61.3 Å². The Labute approximate surface area is 158 Å². The van der Waals surface area contributed by atoms with Gasteiger partial charge >= 0.3 is 6.61 Å². The van der Waals surface area contributed by atoms with Gasteiger partial charge in [0, 0.05) is 15.5 Å². The van der Waals surface area contributed by atoms with E-state index in [1.54, 1.807) is 13.1 Å². The fourth-order valence-corrected chi connectivity index (χ4v) is 2.19. The maximum absolute atomic E-state index is 13.2. The van der Waals surface area contributed by atoms with E-state index in [0.29, 0.717) is 0 Å². The predicted molar refractivity (Wildman–Crippen MR) is 105 cm³/mol. The molecule has 1 aliphatic rings. The van der Waals surface area contributed by atoms with Crippen molar-refractivity contribution in [3.8, 4) is 5.75 Å². The van der Waals surface area contributed by atoms with Gasteiger partial charge in [0.1, 0.15) is 0 Å². The van der Waals surface area contributed by atoms with Crippen molar-refractivity contribution < 1.29 is 25.9 Å². The Morgan fingerprint density at radius 2 is 1.85 bits per heavy atom. The number of nitrogens with two attached hydrogens (primary N) is 1. The summed E-state index contributed by atoms with van der Waals surface area (Å²) in [7, 11) is 2.80. The molecule has 0 amide bonds. The van der Waals surface area contributed by atoms with E-state index in [9.17, 15) is 13.2 Å². The Morgan fingerprint density at radius 3 is 2.19 bits per heavy atom. The maximum Gasteiger partial charge on any atom is 0.387 e. The lowest BCUT2D eigenvalue weighted by Gasteiger charge is -2.16. The SMILES string of the molecule is CC.CCCCCN.CNC1(c2ccc(F)c(OC(F)F)c2)CC1.CO.[HH].[HH]. The van der Waals surface area contributed by atoms with Crippen molar-refractivity contribution in [2.75, 3.05) is 20.7 Å². The van der Waals surface area contributed by atoms with Gasteiger partial charge in [0.05, 0.1) is 0 Å². The molecule has 0 heterocycles. The summed E-state index contributed by atoms with van der Waals surface area (Å²) in [6, 6.07) is 4.09. The van der Waals surface area contributed by atoms with Crippen LogP contribution in [-0.2, 0) is 5.54 Å². The lowest BCUT2D eigenvalue weighted by atomic mass is 10.0. The van der Waals surface area contributed by atoms with Crippen LogP contribution in [0.3, 0.4) is 0 Å². The molecule has 0 atom stereocenters. The molecular formula is C19H39F3N2O2. The van der Waals surface area contributed by atoms with Gasteiger partial charge in [0.25, 0.3) is 0 Å². The number of unbranched alkanes of at least 4 members (excludes halogenated alkanes) is 2. The maximum atomic E-state index is 13.2. The van der Waals surface area contributed by atoms with Crippen molar-refractivity contribution in [2.24, 2.45) is 5.73 Å². The quantitative estimate of drug-likeness (QED) is 0.585. The normalized spacial score (nSPS) is 13.3. The minimum absolute atomic E-state index is 0. The molecule has 4 nitrogen and oxygen atoms in total. The summed E-state index contributed by atoms with van der Waals surface area (Å²) in [5.41, 5.74) is 5.81. The number of benzene rings is 1. The summed E-state index contributed by atoms with van der Waals surface area (Å²) in [5.74, 6) is -1.16. The predicted octanol–water partition coefficient (Wildman–Crippen LogP) is 4.90. The van der Waals surface area contributed by atoms with Crippen LogP contribution in [0.5, 0.6) is 5.75 Å². The second-order valence-electron chi connectivity index (χ2n) is 5.35. The fourth-order valence-electron chi connectivity index (χ4n) is 2.19. The molecule has 1 aromatic carbocycles. The van der Waals surface area contributed by atoms with Crippen LogP contribution in [-0.4, -0.2) is 32.4 Å². The van der Waals surface area contributed by atoms with Gasteiger partial charge in [-0.05, 0) is 50.6 Å². The third-order valence-electron chi connectivity index (χ3n) is 3.74. The number of rotatable bonds is 7. The van der Waals surface area contributed by atoms with Crippen LogP contribution in [0.2, 0.25) is 0 Å². The molecular weight excluding hydrogens is 345 g/mol. The Hall–Kier alpha value is -1.31. The second kappa shape index (κ2) is 15.9. The number of hydrogen-bond acceptors (Lipinski definition) is 4. The monoisotopic (exact) mass is 384 g/mol. The number of halogens is 3. The van der Waals surface area contributed by atoms with E-state index in [1.807, 2.05) is 13.8 Å². The molecule has 0 aromatic heterocycles. The van der Waals surface area contributed by atoms with E-state index < -0.39 is 18.2 Å². The third kappa shape index (κ3) is 9.99. The lowest BCUT2D eigenvalue weighted by Crippen LogP contribution is -2.24. The Balaban J connectivity index is -0.000000207. The van der Waals surface area contributed by atoms with Crippen LogP contribution in [0.15, 0.2) is 18.2 Å². The molecule has 0 saturated heterocycles. The third-order valence-corrected chi connectivity index (χ3v) is 3.74. The summed E-state index contributed by atoms with van der Waals surface area (Å²) in [4.78, 5) is 0. The average Bonchev–Trinajstić information content (AvgIpc) is 3.46. The first-order valence-electron chi connectivity index (χ1n) is 9.07. The van der Waals surface area contributed by atoms with Gasteiger partial charge < -0.3 is 20.9 Å². The molecule has 7 heteroatoms. The first-order valence-corrected chi connectivity index (χ1v) is 9.07. The van der Waals surface area contributed by atoms with Gasteiger partial charge in [-0.15, -0.1) is 0 Å². The first kappa shape index (κ1) is 26.9. The van der Waals surface area contributed by atoms with E-state index in [2.05, 4.69) is 17.0 Å². The summed E-state index contributed by atoms with van der Waals surface area (Å²) in [6.07, 6.45) is 5.59. The van der Waals surface area contributed by atoms with Gasteiger partial charge in [0.2, 0.25) is 0 Å². The molecule has 1 saturated carbocycles. The van der Waals surface area contributed by atoms with Crippen molar-refractivity contribution in [1.29, 1.82) is 0 Å². The number of hydrogen-bond donors (Lipinski definition) is 3. The molecule has 0 unspecified atom stereocenters. The number of nitrogens with one attached hydrogen (secondary N) is 1. The molecule has 1 aliphatic carbocycles. The molecule has 0 bridgehead atoms. The minimum atomic E-state index is -3.01. The first-order chi connectivity index (χ1) is 12.5. The van der Waals surface area contributed by atoms with Crippen molar-refractivity contribution in [2.45, 2.75) is 65.0 Å². The number of aliphatic hydroxyl groups is 1. The Kier molecular flexibility index (Phi) is 16.5. The Bertz CT molecular complexity index is 463. The summed E-state index contributed by atoms with van der Waals surface area (Å²) < 4.78 is 41.3. The van der Waals surface area contributed by atoms with E-state index in [0.717, 1.165) is 38.1 Å². The number of alkyl halides is 2. The van der Waals surface area contributed by atoms with Crippen LogP contribution in [0.25, 0.3) is 0 Å². The second-order valence-corrected chi connectivity index (χ2v) is 5.35. The topological polar surface area (TPSA) is 67.5 Å². The Morgan fingerprint density at radius 1 is 1.27 bits per heavy atom. The highest BCUT2D eigenvalue weighted by Gasteiger charge is 2.43. The van der Waals surface area contributed by atoms with Crippen molar-refractivity contribution >= 4 is 0 Å². The van der Waals surface area contributed by atoms with E-state index >= 15 is 0 Å². The highest BCUT2D eigenvalue weighted by Crippen LogP contribution is 2.46. The molecule has 2 rings (SSSR count). The largest absolute Gasteiger partial charge is 0.432 e. The highest BCUT2D eigenvalue weighted by molar-refractivity contribution is 5.37. The molecule has 0 radical (unpaired) electrons. The molecule has 1 aromatic rings. The number of aliphatic hydroxyl groups excluding tert-OH is 1. The zero-order valence-corrected chi connectivity index (χ0v) is 16.6. The molecule has 1 fully saturated rings. The average molecular weight is 385 g/mol. The van der Waals surface area contributed by atoms with Crippen LogP contribution >= 0.6 is 0 Å². The van der Waals surface area contributed by atoms with Gasteiger partial charge in [-0.1, -0.05) is 39.7 Å². The zero-order valence-electron chi connectivity index (χ0n) is 16.6. The van der Waals surface area contributed by atoms with E-state index in [-0.39, 0.29) is 8.39 Å². The highest BCUT2D eigenvalue weighted by atomic mass is 19.3. The lowest BCUT2D eigenvalue weighted by molar-refractivity contribution is -0.0522. The fraction of sp³-hybridized carbons (Fsp3) is 0.684. The smallest absolute Gasteiger partial charge is 0.387 e. The van der Waals surface area contributed by atoms with Gasteiger partial charge in [-0.2, -0.15) is 8.78 Å². The van der Waals surface area contributed by atoms with Gasteiger partial charge in [0.15, 0.2) is 11.6 Å². The summed E-state index contributed by atoms with van der Waals surface area (Å²) >= 11 is 0. The van der Waals surface area contributed by atoms with Gasteiger partial charge in [-0.25, -0.2) is 4.39 Å². The molecule has 0 spiro atoms. The van der Waals surface area contributed by atoms with Crippen LogP contribution in [0.4, 0.5) is 13.2 Å². The summed E-state index contributed by atoms with van der Waals surface area (Å²) in [5, 5.41) is 10.1. The molecule has 4 N–H and O–H groups in total. The summed E-state index contributed by atoms with van der Waals surface area (Å²) in [6.45, 7) is 4.03. The molecule has 26 heavy (non-hydrogen) atoms. The van der Waals surface area contributed by atoms with Gasteiger partial charge in [-0.3, -0.25) is 0 Å². The standard InChI is InChI=1S/C11H12F3NO.C5H13N.C2H6.CH4O.2H2/c1-15-11(4-5-11)7-2-3-8(12)9(6-7)16-10(13)14;1-2-3-4-5-6;2*1-2;;/h2-3,6,10,15H,4-5H2,1H3;2-6H2,1H3;1-2H3;2H,1H3;2*1H. The number of ether oxygens (including phenoxy) is 1. The molecule has 158 valence electrons. The van der Waals surface area contributed by atoms with Crippen LogP contribution < -0.4 is 15.8 Å². The zero-order chi connectivity index (χ0) is 20.6. The van der Waals surface area contributed by atoms with Crippen LogP contribution in [0, 0.1) is 5.82 Å². The van der Waals surface area contributed by atoms with Crippen molar-refractivity contribution in [3.63, 3.8) is 0 Å². The van der Waals surface area contributed by atoms with E-state index in [4.69, 9.17) is 10.8 Å².